The van der Waals surface area contributed by atoms with E-state index >= 15 is 0 Å². The molecule has 282 valence electrons. The minimum absolute atomic E-state index is 0.802. The predicted molar refractivity (Wildman–Crippen MR) is 251 cm³/mol. The van der Waals surface area contributed by atoms with Crippen molar-refractivity contribution in [3.8, 4) is 22.8 Å². The van der Waals surface area contributed by atoms with Crippen LogP contribution < -0.4 is 20.7 Å². The van der Waals surface area contributed by atoms with Gasteiger partial charge in [-0.15, -0.1) is 0 Å². The molecule has 0 saturated heterocycles. The van der Waals surface area contributed by atoms with E-state index in [0.717, 1.165) is 61.6 Å². The van der Waals surface area contributed by atoms with Crippen LogP contribution in [-0.4, -0.2) is 31.6 Å². The van der Waals surface area contributed by atoms with Gasteiger partial charge in [-0.05, 0) is 80.4 Å². The first-order valence-corrected chi connectivity index (χ1v) is 22.4. The molecule has 0 fully saturated rings. The molecule has 12 aromatic rings. The Labute approximate surface area is 347 Å². The molecule has 0 amide bonds. The summed E-state index contributed by atoms with van der Waals surface area (Å²) in [6, 6.07) is 81.3. The molecule has 12 rings (SSSR count). The Morgan fingerprint density at radius 3 is 1.32 bits per heavy atom. The maximum Gasteiger partial charge on any atom is 0.221 e. The Bertz CT molecular complexity index is 3380. The molecule has 0 aliphatic heterocycles. The van der Waals surface area contributed by atoms with Gasteiger partial charge in [0, 0.05) is 10.8 Å². The second kappa shape index (κ2) is 13.7. The molecule has 0 N–H and O–H groups in total. The second-order valence-electron chi connectivity index (χ2n) is 15.4. The zero-order chi connectivity index (χ0) is 39.6. The standard InChI is InChI=1S/C54H37N5Si/c1-4-18-40(19-5-1)60(41-20-6-2-7-21-41,42-22-8-3-9-23-42)43-34-32-38(33-35-43)39-36-52(57-47-27-13-10-24-44(47)45-25-11-14-28-48(45)57)56-53(37-39)59-51-31-17-16-30-50(51)58-49-29-15-12-26-46(49)55-54(58)59/h1-37H. The lowest BCUT2D eigenvalue weighted by Crippen LogP contribution is -2.74. The summed E-state index contributed by atoms with van der Waals surface area (Å²) in [6.07, 6.45) is 0. The fourth-order valence-corrected chi connectivity index (χ4v) is 14.4. The zero-order valence-electron chi connectivity index (χ0n) is 32.6. The third-order valence-corrected chi connectivity index (χ3v) is 17.0. The first kappa shape index (κ1) is 34.3. The number of nitrogens with zero attached hydrogens (tertiary/aromatic N) is 5. The van der Waals surface area contributed by atoms with E-state index in [1.807, 2.05) is 0 Å². The quantitative estimate of drug-likeness (QED) is 0.119. The summed E-state index contributed by atoms with van der Waals surface area (Å²) in [6.45, 7) is 0. The molecule has 0 spiro atoms. The monoisotopic (exact) mass is 783 g/mol. The normalized spacial score (nSPS) is 12.0. The molecule has 0 unspecified atom stereocenters. The molecule has 60 heavy (non-hydrogen) atoms. The average Bonchev–Trinajstić information content (AvgIpc) is 3.98. The smallest absolute Gasteiger partial charge is 0.221 e. The van der Waals surface area contributed by atoms with Crippen molar-refractivity contribution in [3.05, 3.63) is 224 Å². The van der Waals surface area contributed by atoms with E-state index in [1.54, 1.807) is 0 Å². The van der Waals surface area contributed by atoms with E-state index < -0.39 is 8.07 Å². The van der Waals surface area contributed by atoms with Gasteiger partial charge in [-0.1, -0.05) is 176 Å². The number of pyridine rings is 1. The molecule has 4 heterocycles. The largest absolute Gasteiger partial charge is 0.294 e. The molecular weight excluding hydrogens is 747 g/mol. The Hall–Kier alpha value is -7.80. The molecule has 0 atom stereocenters. The van der Waals surface area contributed by atoms with Gasteiger partial charge in [-0.25, -0.2) is 9.97 Å². The number of fused-ring (bicyclic) bond motifs is 8. The van der Waals surface area contributed by atoms with Crippen molar-refractivity contribution in [1.29, 1.82) is 0 Å². The summed E-state index contributed by atoms with van der Waals surface area (Å²) >= 11 is 0. The highest BCUT2D eigenvalue weighted by atomic mass is 28.3. The van der Waals surface area contributed by atoms with Crippen LogP contribution in [0.5, 0.6) is 0 Å². The maximum absolute atomic E-state index is 5.57. The fourth-order valence-electron chi connectivity index (χ4n) is 9.62. The summed E-state index contributed by atoms with van der Waals surface area (Å²) in [5.41, 5.74) is 8.56. The molecule has 6 heteroatoms. The molecule has 0 bridgehead atoms. The minimum Gasteiger partial charge on any atom is -0.294 e. The summed E-state index contributed by atoms with van der Waals surface area (Å²) < 4.78 is 6.80. The number of hydrogen-bond donors (Lipinski definition) is 0. The van der Waals surface area contributed by atoms with Gasteiger partial charge < -0.3 is 0 Å². The number of para-hydroxylation sites is 6. The summed E-state index contributed by atoms with van der Waals surface area (Å²) in [4.78, 5) is 10.8. The molecular formula is C54H37N5Si. The summed E-state index contributed by atoms with van der Waals surface area (Å²) in [5, 5.41) is 7.78. The number of hydrogen-bond acceptors (Lipinski definition) is 2. The second-order valence-corrected chi connectivity index (χ2v) is 19.2. The van der Waals surface area contributed by atoms with Gasteiger partial charge in [0.05, 0.1) is 33.1 Å². The van der Waals surface area contributed by atoms with Crippen LogP contribution in [0, 0.1) is 0 Å². The maximum atomic E-state index is 5.57. The van der Waals surface area contributed by atoms with Crippen molar-refractivity contribution < 1.29 is 0 Å². The molecule has 0 radical (unpaired) electrons. The molecule has 5 nitrogen and oxygen atoms in total. The number of rotatable bonds is 7. The van der Waals surface area contributed by atoms with Crippen molar-refractivity contribution in [2.24, 2.45) is 0 Å². The minimum atomic E-state index is -2.70. The highest BCUT2D eigenvalue weighted by molar-refractivity contribution is 7.19. The Kier molecular flexibility index (Phi) is 7.80. The molecule has 0 aliphatic rings. The van der Waals surface area contributed by atoms with Crippen molar-refractivity contribution >= 4 is 78.5 Å². The lowest BCUT2D eigenvalue weighted by Gasteiger charge is -2.34. The highest BCUT2D eigenvalue weighted by Gasteiger charge is 2.41. The van der Waals surface area contributed by atoms with Gasteiger partial charge >= 0.3 is 0 Å². The molecule has 4 aromatic heterocycles. The van der Waals surface area contributed by atoms with Crippen LogP contribution in [0.1, 0.15) is 0 Å². The van der Waals surface area contributed by atoms with Gasteiger partial charge in [0.25, 0.3) is 0 Å². The molecule has 0 aliphatic carbocycles. The lowest BCUT2D eigenvalue weighted by molar-refractivity contribution is 0.997. The Morgan fingerprint density at radius 2 is 0.750 bits per heavy atom. The third-order valence-electron chi connectivity index (χ3n) is 12.2. The van der Waals surface area contributed by atoms with Crippen LogP contribution in [0.3, 0.4) is 0 Å². The van der Waals surface area contributed by atoms with Gasteiger partial charge in [-0.2, -0.15) is 0 Å². The third kappa shape index (κ3) is 5.11. The van der Waals surface area contributed by atoms with Crippen LogP contribution in [0.4, 0.5) is 0 Å². The Morgan fingerprint density at radius 1 is 0.317 bits per heavy atom. The van der Waals surface area contributed by atoms with Crippen LogP contribution in [0.2, 0.25) is 0 Å². The van der Waals surface area contributed by atoms with Crippen LogP contribution in [-0.2, 0) is 0 Å². The fraction of sp³-hybridized carbons (Fsp3) is 0. The summed E-state index contributed by atoms with van der Waals surface area (Å²) in [7, 11) is -2.70. The van der Waals surface area contributed by atoms with Gasteiger partial charge in [0.15, 0.2) is 8.07 Å². The van der Waals surface area contributed by atoms with E-state index in [4.69, 9.17) is 9.97 Å². The first-order valence-electron chi connectivity index (χ1n) is 20.4. The van der Waals surface area contributed by atoms with E-state index in [9.17, 15) is 0 Å². The molecule has 0 saturated carbocycles. The number of imidazole rings is 2. The lowest BCUT2D eigenvalue weighted by atomic mass is 10.1. The highest BCUT2D eigenvalue weighted by Crippen LogP contribution is 2.35. The van der Waals surface area contributed by atoms with Gasteiger partial charge in [0.2, 0.25) is 5.78 Å². The predicted octanol–water partition coefficient (Wildman–Crippen LogP) is 9.97. The van der Waals surface area contributed by atoms with E-state index in [-0.39, 0.29) is 0 Å². The SMILES string of the molecule is c1ccc([Si](c2ccccc2)(c2ccccc2)c2ccc(-c3cc(-n4c5ccccc5c5ccccc54)nc(-n4c5ccccc5n5c6ccccc6nc45)c3)cc2)cc1. The van der Waals surface area contributed by atoms with Gasteiger partial charge in [0.1, 0.15) is 11.6 Å². The van der Waals surface area contributed by atoms with Crippen LogP contribution in [0.15, 0.2) is 224 Å². The van der Waals surface area contributed by atoms with Crippen molar-refractivity contribution in [3.63, 3.8) is 0 Å². The van der Waals surface area contributed by atoms with Crippen molar-refractivity contribution in [2.45, 2.75) is 0 Å². The number of benzene rings is 8. The van der Waals surface area contributed by atoms with Crippen molar-refractivity contribution in [2.75, 3.05) is 0 Å². The number of aromatic nitrogens is 5. The van der Waals surface area contributed by atoms with Crippen LogP contribution in [0.25, 0.3) is 72.4 Å². The first-order chi connectivity index (χ1) is 29.8. The average molecular weight is 784 g/mol. The molecule has 8 aromatic carbocycles. The van der Waals surface area contributed by atoms with E-state index in [2.05, 4.69) is 238 Å². The van der Waals surface area contributed by atoms with Gasteiger partial charge in [-0.3, -0.25) is 13.5 Å². The van der Waals surface area contributed by atoms with E-state index in [0.29, 0.717) is 0 Å². The Balaban J connectivity index is 1.13. The topological polar surface area (TPSA) is 40.0 Å². The summed E-state index contributed by atoms with van der Waals surface area (Å²) in [5.74, 6) is 2.48. The van der Waals surface area contributed by atoms with Crippen molar-refractivity contribution in [1.82, 2.24) is 23.5 Å². The zero-order valence-corrected chi connectivity index (χ0v) is 33.6. The van der Waals surface area contributed by atoms with E-state index in [1.165, 1.54) is 31.5 Å². The van der Waals surface area contributed by atoms with Crippen LogP contribution >= 0.6 is 0 Å².